The van der Waals surface area contributed by atoms with Crippen molar-refractivity contribution < 1.29 is 18.3 Å². The number of carbonyl (C=O) groups is 1. The molecule has 1 aromatic carbocycles. The maximum absolute atomic E-state index is 12.5. The highest BCUT2D eigenvalue weighted by molar-refractivity contribution is 5.82. The minimum atomic E-state index is -2.94. The SMILES string of the molecule is NC(=O)C(NC1CCCCC1)c1ccccc1OC(F)F. The molecule has 1 amide bonds. The molecule has 1 aromatic rings. The van der Waals surface area contributed by atoms with Crippen LogP contribution in [0.5, 0.6) is 5.75 Å². The van der Waals surface area contributed by atoms with Crippen molar-refractivity contribution in [2.24, 2.45) is 5.73 Å². The zero-order chi connectivity index (χ0) is 15.2. The van der Waals surface area contributed by atoms with Crippen LogP contribution in [0, 0.1) is 0 Å². The van der Waals surface area contributed by atoms with Crippen molar-refractivity contribution in [2.75, 3.05) is 0 Å². The lowest BCUT2D eigenvalue weighted by molar-refractivity contribution is -0.120. The minimum absolute atomic E-state index is 0.0143. The standard InChI is InChI=1S/C15H20F2N2O2/c16-15(17)21-12-9-5-4-8-11(12)13(14(18)20)19-10-6-2-1-3-7-10/h4-5,8-10,13,15,19H,1-3,6-7H2,(H2,18,20). The van der Waals surface area contributed by atoms with E-state index in [1.165, 1.54) is 12.5 Å². The van der Waals surface area contributed by atoms with Crippen molar-refractivity contribution in [3.8, 4) is 5.75 Å². The third-order valence-corrected chi connectivity index (χ3v) is 3.74. The molecular weight excluding hydrogens is 278 g/mol. The molecule has 0 saturated heterocycles. The van der Waals surface area contributed by atoms with E-state index in [9.17, 15) is 13.6 Å². The molecule has 0 spiro atoms. The molecule has 1 aliphatic rings. The van der Waals surface area contributed by atoms with E-state index in [0.717, 1.165) is 25.7 Å². The van der Waals surface area contributed by atoms with Crippen LogP contribution in [-0.4, -0.2) is 18.6 Å². The maximum atomic E-state index is 12.5. The van der Waals surface area contributed by atoms with Crippen LogP contribution in [0.1, 0.15) is 43.7 Å². The van der Waals surface area contributed by atoms with Gasteiger partial charge in [-0.05, 0) is 18.9 Å². The maximum Gasteiger partial charge on any atom is 0.387 e. The Hall–Kier alpha value is -1.69. The number of primary amides is 1. The normalized spacial score (nSPS) is 17.7. The van der Waals surface area contributed by atoms with Crippen LogP contribution in [-0.2, 0) is 4.79 Å². The fraction of sp³-hybridized carbons (Fsp3) is 0.533. The molecule has 1 unspecified atom stereocenters. The Kier molecular flexibility index (Phi) is 5.50. The summed E-state index contributed by atoms with van der Waals surface area (Å²) in [5.74, 6) is -0.606. The van der Waals surface area contributed by atoms with Gasteiger partial charge in [0.1, 0.15) is 11.8 Å². The van der Waals surface area contributed by atoms with Crippen LogP contribution < -0.4 is 15.8 Å². The molecule has 3 N–H and O–H groups in total. The van der Waals surface area contributed by atoms with Crippen LogP contribution in [0.3, 0.4) is 0 Å². The van der Waals surface area contributed by atoms with Gasteiger partial charge in [-0.15, -0.1) is 0 Å². The fourth-order valence-electron chi connectivity index (χ4n) is 2.75. The number of nitrogens with one attached hydrogen (secondary N) is 1. The van der Waals surface area contributed by atoms with E-state index in [-0.39, 0.29) is 11.8 Å². The molecule has 4 nitrogen and oxygen atoms in total. The number of amides is 1. The second-order valence-electron chi connectivity index (χ2n) is 5.25. The van der Waals surface area contributed by atoms with Crippen LogP contribution >= 0.6 is 0 Å². The molecule has 6 heteroatoms. The number of alkyl halides is 2. The summed E-state index contributed by atoms with van der Waals surface area (Å²) in [4.78, 5) is 11.7. The quantitative estimate of drug-likeness (QED) is 0.848. The van der Waals surface area contributed by atoms with Crippen molar-refractivity contribution in [1.82, 2.24) is 5.32 Å². The Morgan fingerprint density at radius 1 is 1.24 bits per heavy atom. The number of halogens is 2. The van der Waals surface area contributed by atoms with Gasteiger partial charge in [0, 0.05) is 11.6 Å². The molecule has 2 rings (SSSR count). The second kappa shape index (κ2) is 7.36. The molecule has 21 heavy (non-hydrogen) atoms. The number of para-hydroxylation sites is 1. The van der Waals surface area contributed by atoms with Crippen LogP contribution in [0.2, 0.25) is 0 Å². The zero-order valence-corrected chi connectivity index (χ0v) is 11.7. The molecule has 0 radical (unpaired) electrons. The molecule has 1 aliphatic carbocycles. The first-order chi connectivity index (χ1) is 10.1. The predicted octanol–water partition coefficient (Wildman–Crippen LogP) is 2.74. The van der Waals surface area contributed by atoms with Gasteiger partial charge >= 0.3 is 6.61 Å². The van der Waals surface area contributed by atoms with Crippen LogP contribution in [0.4, 0.5) is 8.78 Å². The largest absolute Gasteiger partial charge is 0.434 e. The number of rotatable bonds is 6. The van der Waals surface area contributed by atoms with Gasteiger partial charge in [0.25, 0.3) is 0 Å². The third-order valence-electron chi connectivity index (χ3n) is 3.74. The van der Waals surface area contributed by atoms with Crippen molar-refractivity contribution in [3.63, 3.8) is 0 Å². The van der Waals surface area contributed by atoms with E-state index in [4.69, 9.17) is 5.73 Å². The van der Waals surface area contributed by atoms with Gasteiger partial charge in [-0.2, -0.15) is 8.78 Å². The molecule has 0 heterocycles. The zero-order valence-electron chi connectivity index (χ0n) is 11.7. The molecule has 116 valence electrons. The molecule has 1 fully saturated rings. The summed E-state index contributed by atoms with van der Waals surface area (Å²) in [7, 11) is 0. The topological polar surface area (TPSA) is 64.4 Å². The molecular formula is C15H20F2N2O2. The summed E-state index contributed by atoms with van der Waals surface area (Å²) in [6.07, 6.45) is 5.30. The van der Waals surface area contributed by atoms with Crippen molar-refractivity contribution >= 4 is 5.91 Å². The molecule has 1 saturated carbocycles. The van der Waals surface area contributed by atoms with E-state index < -0.39 is 18.6 Å². The summed E-state index contributed by atoms with van der Waals surface area (Å²) in [6, 6.07) is 5.62. The number of hydrogen-bond donors (Lipinski definition) is 2. The highest BCUT2D eigenvalue weighted by Gasteiger charge is 2.26. The van der Waals surface area contributed by atoms with E-state index in [0.29, 0.717) is 5.56 Å². The van der Waals surface area contributed by atoms with E-state index in [1.807, 2.05) is 0 Å². The van der Waals surface area contributed by atoms with Gasteiger partial charge in [0.2, 0.25) is 5.91 Å². The van der Waals surface area contributed by atoms with E-state index >= 15 is 0 Å². The smallest absolute Gasteiger partial charge is 0.387 e. The number of nitrogens with two attached hydrogens (primary N) is 1. The van der Waals surface area contributed by atoms with E-state index in [1.54, 1.807) is 18.2 Å². The molecule has 0 aromatic heterocycles. The minimum Gasteiger partial charge on any atom is -0.434 e. The lowest BCUT2D eigenvalue weighted by Gasteiger charge is -2.28. The highest BCUT2D eigenvalue weighted by Crippen LogP contribution is 2.28. The summed E-state index contributed by atoms with van der Waals surface area (Å²) >= 11 is 0. The van der Waals surface area contributed by atoms with E-state index in [2.05, 4.69) is 10.1 Å². The number of hydrogen-bond acceptors (Lipinski definition) is 3. The van der Waals surface area contributed by atoms with Gasteiger partial charge < -0.3 is 10.5 Å². The van der Waals surface area contributed by atoms with Gasteiger partial charge in [-0.1, -0.05) is 37.5 Å². The molecule has 0 aliphatic heterocycles. The monoisotopic (exact) mass is 298 g/mol. The highest BCUT2D eigenvalue weighted by atomic mass is 19.3. The first-order valence-electron chi connectivity index (χ1n) is 7.17. The average Bonchev–Trinajstić information content (AvgIpc) is 2.46. The second-order valence-corrected chi connectivity index (χ2v) is 5.25. The fourth-order valence-corrected chi connectivity index (χ4v) is 2.75. The van der Waals surface area contributed by atoms with Gasteiger partial charge in [0.05, 0.1) is 0 Å². The Morgan fingerprint density at radius 3 is 2.52 bits per heavy atom. The first kappa shape index (κ1) is 15.7. The van der Waals surface area contributed by atoms with Gasteiger partial charge in [0.15, 0.2) is 0 Å². The van der Waals surface area contributed by atoms with Crippen LogP contribution in [0.25, 0.3) is 0 Å². The average molecular weight is 298 g/mol. The van der Waals surface area contributed by atoms with Crippen molar-refractivity contribution in [1.29, 1.82) is 0 Å². The summed E-state index contributed by atoms with van der Waals surface area (Å²) in [6.45, 7) is -2.94. The lowest BCUT2D eigenvalue weighted by Crippen LogP contribution is -2.41. The van der Waals surface area contributed by atoms with Crippen molar-refractivity contribution in [2.45, 2.75) is 50.8 Å². The summed E-state index contributed by atoms with van der Waals surface area (Å²) in [5, 5.41) is 3.19. The third kappa shape index (κ3) is 4.39. The van der Waals surface area contributed by atoms with Gasteiger partial charge in [-0.25, -0.2) is 0 Å². The lowest BCUT2D eigenvalue weighted by atomic mass is 9.93. The number of benzene rings is 1. The Balaban J connectivity index is 2.19. The number of carbonyl (C=O) groups excluding carboxylic acids is 1. The summed E-state index contributed by atoms with van der Waals surface area (Å²) < 4.78 is 29.4. The first-order valence-corrected chi connectivity index (χ1v) is 7.17. The Morgan fingerprint density at radius 2 is 1.90 bits per heavy atom. The molecule has 0 bridgehead atoms. The number of ether oxygens (including phenoxy) is 1. The van der Waals surface area contributed by atoms with Crippen LogP contribution in [0.15, 0.2) is 24.3 Å². The Bertz CT molecular complexity index is 476. The van der Waals surface area contributed by atoms with Crippen molar-refractivity contribution in [3.05, 3.63) is 29.8 Å². The predicted molar refractivity (Wildman–Crippen MR) is 75.0 cm³/mol. The van der Waals surface area contributed by atoms with Gasteiger partial charge in [-0.3, -0.25) is 10.1 Å². The Labute approximate surface area is 122 Å². The summed E-state index contributed by atoms with van der Waals surface area (Å²) in [5.41, 5.74) is 5.80. The molecule has 1 atom stereocenters.